The Morgan fingerprint density at radius 1 is 1.31 bits per heavy atom. The molecule has 1 rings (SSSR count). The van der Waals surface area contributed by atoms with E-state index in [0.29, 0.717) is 5.56 Å². The molecule has 0 N–H and O–H groups in total. The Hall–Kier alpha value is -0.140. The van der Waals surface area contributed by atoms with Gasteiger partial charge in [0.1, 0.15) is 23.0 Å². The highest BCUT2D eigenvalue weighted by Gasteiger charge is 2.16. The summed E-state index contributed by atoms with van der Waals surface area (Å²) in [5.41, 5.74) is 1.74. The Balaban J connectivity index is 3.33. The Labute approximate surface area is 91.9 Å². The highest BCUT2D eigenvalue weighted by molar-refractivity contribution is 14.1. The van der Waals surface area contributed by atoms with Crippen LogP contribution in [0.1, 0.15) is 11.1 Å². The van der Waals surface area contributed by atoms with Gasteiger partial charge in [0.05, 0.1) is 4.90 Å². The molecule has 1 aromatic rings. The third kappa shape index (κ3) is 2.41. The number of rotatable bonds is 2. The van der Waals surface area contributed by atoms with Crippen molar-refractivity contribution < 1.29 is 10.9 Å². The molecule has 72 valence electrons. The molecule has 3 nitrogen and oxygen atoms in total. The van der Waals surface area contributed by atoms with E-state index < -0.39 is 10.1 Å². The highest BCUT2D eigenvalue weighted by Crippen LogP contribution is 2.20. The van der Waals surface area contributed by atoms with E-state index in [2.05, 4.69) is 2.51 Å². The number of hydrogen-bond donors (Lipinski definition) is 0. The molecule has 0 spiro atoms. The van der Waals surface area contributed by atoms with Gasteiger partial charge in [-0.1, -0.05) is 17.7 Å². The predicted octanol–water partition coefficient (Wildman–Crippen LogP) is 2.36. The van der Waals surface area contributed by atoms with Crippen LogP contribution in [-0.4, -0.2) is 8.42 Å². The summed E-state index contributed by atoms with van der Waals surface area (Å²) in [6, 6.07) is 5.11. The van der Waals surface area contributed by atoms with Crippen LogP contribution in [0.2, 0.25) is 0 Å². The first-order valence-electron chi connectivity index (χ1n) is 3.60. The molecule has 0 radical (unpaired) electrons. The quantitative estimate of drug-likeness (QED) is 0.788. The van der Waals surface area contributed by atoms with Crippen LogP contribution in [0.3, 0.4) is 0 Å². The zero-order chi connectivity index (χ0) is 10.1. The van der Waals surface area contributed by atoms with Crippen LogP contribution >= 0.6 is 23.0 Å². The summed E-state index contributed by atoms with van der Waals surface area (Å²) in [5.74, 6) is 0. The van der Waals surface area contributed by atoms with Crippen molar-refractivity contribution in [2.24, 2.45) is 0 Å². The SMILES string of the molecule is Cc1ccc(S(=O)(=O)OI)c(C)c1. The largest absolute Gasteiger partial charge is 0.306 e. The van der Waals surface area contributed by atoms with Gasteiger partial charge in [-0.2, -0.15) is 10.9 Å². The van der Waals surface area contributed by atoms with Gasteiger partial charge in [-0.05, 0) is 25.5 Å². The van der Waals surface area contributed by atoms with E-state index in [9.17, 15) is 8.42 Å². The first kappa shape index (κ1) is 10.9. The molecule has 0 aliphatic rings. The molecular weight excluding hydrogens is 303 g/mol. The maximum atomic E-state index is 11.3. The van der Waals surface area contributed by atoms with E-state index >= 15 is 0 Å². The highest BCUT2D eigenvalue weighted by atomic mass is 127. The molecule has 0 unspecified atom stereocenters. The second-order valence-corrected chi connectivity index (χ2v) is 5.34. The number of hydrogen-bond acceptors (Lipinski definition) is 3. The summed E-state index contributed by atoms with van der Waals surface area (Å²) in [6.07, 6.45) is 0. The fourth-order valence-electron chi connectivity index (χ4n) is 1.11. The van der Waals surface area contributed by atoms with Gasteiger partial charge in [-0.25, -0.2) is 0 Å². The molecule has 13 heavy (non-hydrogen) atoms. The maximum Gasteiger partial charge on any atom is 0.306 e. The maximum absolute atomic E-state index is 11.3. The fourth-order valence-corrected chi connectivity index (χ4v) is 2.45. The van der Waals surface area contributed by atoms with Crippen molar-refractivity contribution in [2.45, 2.75) is 18.7 Å². The lowest BCUT2D eigenvalue weighted by atomic mass is 10.2. The third-order valence-corrected chi connectivity index (χ3v) is 4.27. The van der Waals surface area contributed by atoms with E-state index in [4.69, 9.17) is 0 Å². The summed E-state index contributed by atoms with van der Waals surface area (Å²) in [4.78, 5) is 0.229. The number of aryl methyl sites for hydroxylation is 2. The second-order valence-electron chi connectivity index (χ2n) is 2.79. The monoisotopic (exact) mass is 312 g/mol. The van der Waals surface area contributed by atoms with E-state index in [1.165, 1.54) is 23.0 Å². The fraction of sp³-hybridized carbons (Fsp3) is 0.250. The lowest BCUT2D eigenvalue weighted by molar-refractivity contribution is 0.536. The van der Waals surface area contributed by atoms with Crippen molar-refractivity contribution in [2.75, 3.05) is 0 Å². The van der Waals surface area contributed by atoms with Crippen molar-refractivity contribution in [3.05, 3.63) is 29.3 Å². The molecule has 0 saturated heterocycles. The first-order chi connectivity index (χ1) is 5.97. The van der Waals surface area contributed by atoms with Gasteiger partial charge >= 0.3 is 10.1 Å². The van der Waals surface area contributed by atoms with Crippen LogP contribution in [0.25, 0.3) is 0 Å². The standard InChI is InChI=1S/C8H9IO3S/c1-6-3-4-8(7(2)5-6)13(10,11)12-9/h3-5H,1-2H3. The van der Waals surface area contributed by atoms with E-state index in [-0.39, 0.29) is 4.90 Å². The van der Waals surface area contributed by atoms with Gasteiger partial charge in [0.15, 0.2) is 0 Å². The van der Waals surface area contributed by atoms with Crippen molar-refractivity contribution in [3.8, 4) is 0 Å². The minimum absolute atomic E-state index is 0.229. The average Bonchev–Trinajstić information content (AvgIpc) is 2.03. The molecule has 0 saturated carbocycles. The van der Waals surface area contributed by atoms with Crippen LogP contribution < -0.4 is 0 Å². The zero-order valence-corrected chi connectivity index (χ0v) is 10.2. The molecule has 5 heteroatoms. The summed E-state index contributed by atoms with van der Waals surface area (Å²) in [7, 11) is -3.56. The molecule has 0 atom stereocenters. The lowest BCUT2D eigenvalue weighted by Gasteiger charge is -2.04. The van der Waals surface area contributed by atoms with Gasteiger partial charge in [0, 0.05) is 0 Å². The molecule has 0 bridgehead atoms. The lowest BCUT2D eigenvalue weighted by Crippen LogP contribution is -2.01. The van der Waals surface area contributed by atoms with Crippen molar-refractivity contribution in [3.63, 3.8) is 0 Å². The van der Waals surface area contributed by atoms with Crippen LogP contribution in [0.5, 0.6) is 0 Å². The summed E-state index contributed by atoms with van der Waals surface area (Å²) >= 11 is 1.37. The Kier molecular flexibility index (Phi) is 3.31. The number of benzene rings is 1. The van der Waals surface area contributed by atoms with E-state index in [1.54, 1.807) is 19.1 Å². The first-order valence-corrected chi connectivity index (χ1v) is 5.89. The summed E-state index contributed by atoms with van der Waals surface area (Å²) < 4.78 is 27.0. The number of halogens is 1. The van der Waals surface area contributed by atoms with Gasteiger partial charge in [0.2, 0.25) is 0 Å². The molecule has 0 aromatic heterocycles. The van der Waals surface area contributed by atoms with E-state index in [0.717, 1.165) is 5.56 Å². The zero-order valence-electron chi connectivity index (χ0n) is 7.24. The van der Waals surface area contributed by atoms with Gasteiger partial charge in [-0.3, -0.25) is 0 Å². The second kappa shape index (κ2) is 3.93. The molecule has 0 aliphatic carbocycles. The van der Waals surface area contributed by atoms with Crippen molar-refractivity contribution in [1.29, 1.82) is 0 Å². The van der Waals surface area contributed by atoms with Gasteiger partial charge in [0.25, 0.3) is 0 Å². The third-order valence-electron chi connectivity index (χ3n) is 1.68. The van der Waals surface area contributed by atoms with Gasteiger partial charge < -0.3 is 0 Å². The Morgan fingerprint density at radius 2 is 1.92 bits per heavy atom. The average molecular weight is 312 g/mol. The van der Waals surface area contributed by atoms with Crippen molar-refractivity contribution >= 4 is 33.1 Å². The minimum atomic E-state index is -3.56. The molecule has 1 aromatic carbocycles. The Morgan fingerprint density at radius 3 is 2.38 bits per heavy atom. The topological polar surface area (TPSA) is 43.4 Å². The van der Waals surface area contributed by atoms with Crippen LogP contribution in [-0.2, 0) is 12.6 Å². The smallest absolute Gasteiger partial charge is 0.195 e. The van der Waals surface area contributed by atoms with Gasteiger partial charge in [-0.15, -0.1) is 0 Å². The summed E-state index contributed by atoms with van der Waals surface area (Å²) in [5, 5.41) is 0. The van der Waals surface area contributed by atoms with Crippen molar-refractivity contribution in [1.82, 2.24) is 0 Å². The van der Waals surface area contributed by atoms with E-state index in [1.807, 2.05) is 13.0 Å². The van der Waals surface area contributed by atoms with Crippen LogP contribution in [0, 0.1) is 13.8 Å². The predicted molar refractivity (Wildman–Crippen MR) is 58.2 cm³/mol. The normalized spacial score (nSPS) is 11.6. The van der Waals surface area contributed by atoms with Crippen LogP contribution in [0.4, 0.5) is 0 Å². The Bertz CT molecular complexity index is 411. The minimum Gasteiger partial charge on any atom is -0.195 e. The molecule has 0 fully saturated rings. The summed E-state index contributed by atoms with van der Waals surface area (Å²) in [6.45, 7) is 3.66. The molecule has 0 aliphatic heterocycles. The molecule has 0 heterocycles. The van der Waals surface area contributed by atoms with Crippen LogP contribution in [0.15, 0.2) is 23.1 Å². The molecular formula is C8H9IO3S. The molecule has 0 amide bonds.